The molecule has 0 amide bonds. The molecule has 15 heteroatoms. The van der Waals surface area contributed by atoms with Crippen LogP contribution in [0.15, 0.2) is 22.8 Å². The number of fused-ring (bicyclic) bond motifs is 5. The van der Waals surface area contributed by atoms with Crippen molar-refractivity contribution >= 4 is 5.97 Å². The molecule has 0 aromatic heterocycles. The lowest BCUT2D eigenvalue weighted by molar-refractivity contribution is -0.337. The van der Waals surface area contributed by atoms with Crippen LogP contribution in [-0.4, -0.2) is 150 Å². The minimum atomic E-state index is -1.68. The molecule has 3 heterocycles. The van der Waals surface area contributed by atoms with Gasteiger partial charge < -0.3 is 69.6 Å². The van der Waals surface area contributed by atoms with Crippen LogP contribution in [0.4, 0.5) is 0 Å². The van der Waals surface area contributed by atoms with Crippen molar-refractivity contribution in [2.75, 3.05) is 13.2 Å². The molecule has 7 rings (SSSR count). The average molecular weight is 783 g/mol. The van der Waals surface area contributed by atoms with Crippen molar-refractivity contribution in [3.05, 3.63) is 22.8 Å². The first-order valence-corrected chi connectivity index (χ1v) is 20.1. The molecule has 5 fully saturated rings. The van der Waals surface area contributed by atoms with E-state index in [1.54, 1.807) is 6.92 Å². The summed E-state index contributed by atoms with van der Waals surface area (Å²) in [5.41, 5.74) is 0.757. The fraction of sp³-hybridized carbons (Fsp3) is 0.875. The first-order chi connectivity index (χ1) is 25.8. The highest BCUT2D eigenvalue weighted by Crippen LogP contribution is 2.68. The zero-order valence-electron chi connectivity index (χ0n) is 32.4. The van der Waals surface area contributed by atoms with Crippen molar-refractivity contribution in [2.45, 2.75) is 171 Å². The zero-order valence-corrected chi connectivity index (χ0v) is 32.4. The molecule has 0 spiro atoms. The lowest BCUT2D eigenvalue weighted by Gasteiger charge is -2.60. The number of hydrogen-bond acceptors (Lipinski definition) is 15. The van der Waals surface area contributed by atoms with E-state index in [1.165, 1.54) is 0 Å². The number of rotatable bonds is 8. The molecule has 7 aliphatic rings. The highest BCUT2D eigenvalue weighted by Gasteiger charge is 2.64. The molecule has 0 radical (unpaired) electrons. The van der Waals surface area contributed by atoms with E-state index in [1.807, 2.05) is 13.8 Å². The monoisotopic (exact) mass is 782 g/mol. The summed E-state index contributed by atoms with van der Waals surface area (Å²) in [5, 5.41) is 96.4. The van der Waals surface area contributed by atoms with E-state index < -0.39 is 104 Å². The zero-order chi connectivity index (χ0) is 39.9. The summed E-state index contributed by atoms with van der Waals surface area (Å²) in [6.45, 7) is 8.86. The maximum atomic E-state index is 12.6. The minimum Gasteiger partial charge on any atom is -0.456 e. The molecule has 15 nitrogen and oxygen atoms in total. The Bertz CT molecular complexity index is 1500. The SMILES string of the molecule is CC1=C(C)C(=O)O[C@@H]([C@](C)(O)[C@H]2CCC3[C@@H]4CC=C5C[C@@H](O[C@@H]6O[C@H](CO[C@@H]7O[C@H](CO)[C@@H](O)[C@H](O)[C@H]7O)[C@@H](O)[C@H](O)[C@H]6O)C[C@H](O)[C@]5(C)C4CC[C@@]32C)C1. The number of aliphatic hydroxyl groups is 9. The van der Waals surface area contributed by atoms with Gasteiger partial charge in [0.15, 0.2) is 12.6 Å². The van der Waals surface area contributed by atoms with E-state index in [-0.39, 0.29) is 29.6 Å². The van der Waals surface area contributed by atoms with E-state index in [0.717, 1.165) is 43.3 Å². The predicted octanol–water partition coefficient (Wildman–Crippen LogP) is -0.0516. The van der Waals surface area contributed by atoms with Crippen LogP contribution < -0.4 is 0 Å². The number of allylic oxidation sites excluding steroid dienone is 1. The molecule has 312 valence electrons. The lowest BCUT2D eigenvalue weighted by Crippen LogP contribution is -2.62. The van der Waals surface area contributed by atoms with Gasteiger partial charge in [-0.3, -0.25) is 0 Å². The molecule has 20 atom stereocenters. The molecule has 2 unspecified atom stereocenters. The van der Waals surface area contributed by atoms with Gasteiger partial charge in [0, 0.05) is 23.8 Å². The molecular weight excluding hydrogens is 720 g/mol. The molecule has 0 bridgehead atoms. The minimum absolute atomic E-state index is 0.0515. The van der Waals surface area contributed by atoms with Crippen molar-refractivity contribution < 1.29 is 74.4 Å². The smallest absolute Gasteiger partial charge is 0.334 e. The van der Waals surface area contributed by atoms with Crippen molar-refractivity contribution in [3.63, 3.8) is 0 Å². The number of hydrogen-bond donors (Lipinski definition) is 9. The van der Waals surface area contributed by atoms with Crippen LogP contribution in [0.5, 0.6) is 0 Å². The number of ether oxygens (including phenoxy) is 5. The van der Waals surface area contributed by atoms with Crippen molar-refractivity contribution in [1.82, 2.24) is 0 Å². The van der Waals surface area contributed by atoms with Crippen LogP contribution in [0.3, 0.4) is 0 Å². The van der Waals surface area contributed by atoms with E-state index >= 15 is 0 Å². The summed E-state index contributed by atoms with van der Waals surface area (Å²) < 4.78 is 28.9. The van der Waals surface area contributed by atoms with Crippen molar-refractivity contribution in [2.24, 2.45) is 34.5 Å². The fourth-order valence-electron chi connectivity index (χ4n) is 11.9. The Morgan fingerprint density at radius 2 is 1.51 bits per heavy atom. The number of esters is 1. The number of carbonyl (C=O) groups is 1. The van der Waals surface area contributed by atoms with Crippen LogP contribution in [0.25, 0.3) is 0 Å². The van der Waals surface area contributed by atoms with Gasteiger partial charge in [0.1, 0.15) is 60.5 Å². The Morgan fingerprint density at radius 3 is 2.18 bits per heavy atom. The van der Waals surface area contributed by atoms with Crippen LogP contribution >= 0.6 is 0 Å². The third-order valence-electron chi connectivity index (χ3n) is 15.5. The second-order valence-electron chi connectivity index (χ2n) is 18.3. The van der Waals surface area contributed by atoms with Gasteiger partial charge in [-0.25, -0.2) is 4.79 Å². The number of aliphatic hydroxyl groups excluding tert-OH is 8. The van der Waals surface area contributed by atoms with Crippen molar-refractivity contribution in [3.8, 4) is 0 Å². The highest BCUT2D eigenvalue weighted by molar-refractivity contribution is 5.89. The van der Waals surface area contributed by atoms with Gasteiger partial charge in [0.25, 0.3) is 0 Å². The van der Waals surface area contributed by atoms with Crippen LogP contribution in [0, 0.1) is 34.5 Å². The molecule has 2 saturated heterocycles. The first kappa shape index (κ1) is 41.6. The summed E-state index contributed by atoms with van der Waals surface area (Å²) >= 11 is 0. The van der Waals surface area contributed by atoms with E-state index in [0.29, 0.717) is 30.3 Å². The first-order valence-electron chi connectivity index (χ1n) is 20.1. The summed E-state index contributed by atoms with van der Waals surface area (Å²) in [7, 11) is 0. The number of carbonyl (C=O) groups excluding carboxylic acids is 1. The fourth-order valence-corrected chi connectivity index (χ4v) is 11.9. The third-order valence-corrected chi connectivity index (χ3v) is 15.5. The quantitative estimate of drug-likeness (QED) is 0.116. The Balaban J connectivity index is 1.01. The van der Waals surface area contributed by atoms with Gasteiger partial charge in [0.05, 0.1) is 25.4 Å². The Hall–Kier alpha value is -1.57. The van der Waals surface area contributed by atoms with Gasteiger partial charge in [-0.15, -0.1) is 0 Å². The molecule has 0 aromatic carbocycles. The predicted molar refractivity (Wildman–Crippen MR) is 191 cm³/mol. The van der Waals surface area contributed by atoms with E-state index in [2.05, 4.69) is 19.9 Å². The lowest BCUT2D eigenvalue weighted by atomic mass is 9.46. The summed E-state index contributed by atoms with van der Waals surface area (Å²) in [6, 6.07) is 0. The highest BCUT2D eigenvalue weighted by atomic mass is 16.7. The van der Waals surface area contributed by atoms with Gasteiger partial charge in [-0.2, -0.15) is 0 Å². The maximum Gasteiger partial charge on any atom is 0.334 e. The van der Waals surface area contributed by atoms with Crippen LogP contribution in [-0.2, 0) is 28.5 Å². The topological polar surface area (TPSA) is 245 Å². The molecule has 55 heavy (non-hydrogen) atoms. The van der Waals surface area contributed by atoms with Gasteiger partial charge in [-0.05, 0) is 88.4 Å². The number of cyclic esters (lactones) is 1. The third kappa shape index (κ3) is 6.86. The maximum absolute atomic E-state index is 12.6. The standard InChI is InChI=1S/C40H62O15/c1-17-12-28(55-35(49)18(17)2)40(5,50)26-9-8-22-21-7-6-19-13-20(14-27(42)39(19,4)23(21)10-11-38(22,26)3)52-37-34(48)32(46)30(44)25(54-37)16-51-36-33(47)31(45)29(43)24(15-41)53-36/h6,20-34,36-37,41-48,50H,7-16H2,1-5H3/t20-,21+,22?,23?,24-,25-,26+,27+,28-,29-,30-,31+,32+,33-,34-,36-,37-,38+,39+,40-/m1/s1. The Kier molecular flexibility index (Phi) is 11.5. The van der Waals surface area contributed by atoms with Crippen LogP contribution in [0.2, 0.25) is 0 Å². The Labute approximate surface area is 321 Å². The average Bonchev–Trinajstić information content (AvgIpc) is 3.51. The van der Waals surface area contributed by atoms with E-state index in [9.17, 15) is 50.8 Å². The molecule has 3 aliphatic heterocycles. The molecular formula is C40H62O15. The molecule has 3 saturated carbocycles. The largest absolute Gasteiger partial charge is 0.456 e. The molecule has 9 N–H and O–H groups in total. The summed E-state index contributed by atoms with van der Waals surface area (Å²) in [4.78, 5) is 12.6. The van der Waals surface area contributed by atoms with Crippen LogP contribution in [0.1, 0.15) is 86.0 Å². The Morgan fingerprint density at radius 1 is 0.855 bits per heavy atom. The van der Waals surface area contributed by atoms with Gasteiger partial charge >= 0.3 is 5.97 Å². The van der Waals surface area contributed by atoms with Gasteiger partial charge in [0.2, 0.25) is 0 Å². The normalized spacial score (nSPS) is 51.3. The second kappa shape index (κ2) is 15.2. The summed E-state index contributed by atoms with van der Waals surface area (Å²) in [6.07, 6.45) is -9.39. The second-order valence-corrected chi connectivity index (χ2v) is 18.3. The van der Waals surface area contributed by atoms with E-state index in [4.69, 9.17) is 23.7 Å². The molecule has 4 aliphatic carbocycles. The van der Waals surface area contributed by atoms with Crippen molar-refractivity contribution in [1.29, 1.82) is 0 Å². The van der Waals surface area contributed by atoms with Gasteiger partial charge in [-0.1, -0.05) is 31.1 Å². The summed E-state index contributed by atoms with van der Waals surface area (Å²) in [5.74, 6) is 0.398. The molecule has 0 aromatic rings.